The average Bonchev–Trinajstić information content (AvgIpc) is 3.17. The molecule has 3 heterocycles. The molecule has 11 heteroatoms. The van der Waals surface area contributed by atoms with Crippen LogP contribution in [0.5, 0.6) is 11.5 Å². The molecule has 148 valence electrons. The maximum atomic E-state index is 12.4. The normalized spacial score (nSPS) is 19.7. The molecule has 5 N–H and O–H groups in total. The zero-order valence-corrected chi connectivity index (χ0v) is 15.8. The molecule has 0 saturated carbocycles. The van der Waals surface area contributed by atoms with Gasteiger partial charge in [0.05, 0.1) is 19.0 Å². The molecule has 0 aliphatic carbocycles. The second-order valence-corrected chi connectivity index (χ2v) is 7.72. The van der Waals surface area contributed by atoms with Crippen LogP contribution in [0.4, 0.5) is 0 Å². The highest BCUT2D eigenvalue weighted by molar-refractivity contribution is 8.02. The molecule has 1 unspecified atom stereocenters. The van der Waals surface area contributed by atoms with Crippen molar-refractivity contribution >= 4 is 30.8 Å². The fourth-order valence-electron chi connectivity index (χ4n) is 3.40. The number of carboxylic acid groups (broad SMARTS) is 1. The number of carbonyl (C=O) groups is 2. The number of nitrogens with zero attached hydrogens (tertiary/aromatic N) is 1. The highest BCUT2D eigenvalue weighted by Gasteiger charge is 2.38. The predicted molar refractivity (Wildman–Crippen MR) is 103 cm³/mol. The Morgan fingerprint density at radius 2 is 2.21 bits per heavy atom. The van der Waals surface area contributed by atoms with Gasteiger partial charge < -0.3 is 35.5 Å². The molecule has 3 aliphatic heterocycles. The number of aromatic carboxylic acids is 1. The van der Waals surface area contributed by atoms with Crippen molar-refractivity contribution in [3.05, 3.63) is 34.4 Å². The van der Waals surface area contributed by atoms with Crippen LogP contribution in [-0.4, -0.2) is 65.1 Å². The molecule has 1 aromatic carbocycles. The molecule has 1 fully saturated rings. The fraction of sp³-hybridized carbons (Fsp3) is 0.412. The monoisotopic (exact) mass is 405 g/mol. The largest absolute Gasteiger partial charge is 0.535 e. The first-order chi connectivity index (χ1) is 13.4. The quantitative estimate of drug-likeness (QED) is 0.494. The Hall–Kier alpha value is -2.37. The van der Waals surface area contributed by atoms with Gasteiger partial charge in [0.15, 0.2) is 0 Å². The molecular formula is C17H20BN3O6S. The van der Waals surface area contributed by atoms with E-state index in [9.17, 15) is 19.7 Å². The van der Waals surface area contributed by atoms with Gasteiger partial charge in [-0.3, -0.25) is 4.79 Å². The summed E-state index contributed by atoms with van der Waals surface area (Å²) in [6.07, 6.45) is 0.611. The number of hydrogen-bond donors (Lipinski definition) is 4. The maximum Gasteiger partial charge on any atom is 0.522 e. The first-order valence-electron chi connectivity index (χ1n) is 8.94. The molecule has 1 saturated heterocycles. The zero-order valence-electron chi connectivity index (χ0n) is 15.0. The number of carbonyl (C=O) groups excluding carboxylic acids is 1. The highest BCUT2D eigenvalue weighted by Crippen LogP contribution is 2.37. The average molecular weight is 405 g/mol. The third-order valence-electron chi connectivity index (χ3n) is 4.95. The van der Waals surface area contributed by atoms with E-state index in [0.29, 0.717) is 37.4 Å². The van der Waals surface area contributed by atoms with Gasteiger partial charge >= 0.3 is 13.1 Å². The van der Waals surface area contributed by atoms with E-state index in [4.69, 9.17) is 15.1 Å². The topological polar surface area (TPSA) is 134 Å². The van der Waals surface area contributed by atoms with Gasteiger partial charge in [-0.1, -0.05) is 6.07 Å². The first-order valence-corrected chi connectivity index (χ1v) is 9.99. The molecular weight excluding hydrogens is 385 g/mol. The molecule has 0 bridgehead atoms. The molecule has 1 atom stereocenters. The molecule has 1 amide bonds. The summed E-state index contributed by atoms with van der Waals surface area (Å²) < 4.78 is 11.2. The number of aryl methyl sites for hydroxylation is 1. The van der Waals surface area contributed by atoms with Crippen LogP contribution in [0.1, 0.15) is 15.9 Å². The third kappa shape index (κ3) is 3.52. The lowest BCUT2D eigenvalue weighted by Gasteiger charge is -2.40. The number of thioether (sulfide) groups is 1. The number of nitrogens with one attached hydrogen (secondary N) is 1. The lowest BCUT2D eigenvalue weighted by Crippen LogP contribution is -2.60. The summed E-state index contributed by atoms with van der Waals surface area (Å²) in [6.45, 7) is 0.652. The minimum Gasteiger partial charge on any atom is -0.535 e. The van der Waals surface area contributed by atoms with Crippen LogP contribution >= 0.6 is 11.8 Å². The smallest absolute Gasteiger partial charge is 0.522 e. The van der Waals surface area contributed by atoms with Gasteiger partial charge in [0.1, 0.15) is 29.2 Å². The van der Waals surface area contributed by atoms with Crippen LogP contribution in [0.15, 0.2) is 23.2 Å². The van der Waals surface area contributed by atoms with E-state index in [2.05, 4.69) is 5.32 Å². The van der Waals surface area contributed by atoms with Crippen molar-refractivity contribution < 1.29 is 29.1 Å². The Kier molecular flexibility index (Phi) is 5.13. The number of rotatable bonds is 5. The van der Waals surface area contributed by atoms with Gasteiger partial charge in [-0.15, -0.1) is 11.8 Å². The number of hydrogen-bond acceptors (Lipinski definition) is 8. The Morgan fingerprint density at radius 1 is 1.43 bits per heavy atom. The van der Waals surface area contributed by atoms with Crippen molar-refractivity contribution in [3.63, 3.8) is 0 Å². The van der Waals surface area contributed by atoms with Gasteiger partial charge in [-0.25, -0.2) is 4.79 Å². The summed E-state index contributed by atoms with van der Waals surface area (Å²) >= 11 is 1.55. The van der Waals surface area contributed by atoms with Crippen LogP contribution in [0.25, 0.3) is 0 Å². The van der Waals surface area contributed by atoms with E-state index in [-0.39, 0.29) is 29.1 Å². The van der Waals surface area contributed by atoms with Gasteiger partial charge in [0, 0.05) is 5.70 Å². The van der Waals surface area contributed by atoms with Crippen LogP contribution in [0.2, 0.25) is 6.32 Å². The summed E-state index contributed by atoms with van der Waals surface area (Å²) in [5.41, 5.74) is 7.32. The Bertz CT molecular complexity index is 844. The van der Waals surface area contributed by atoms with E-state index in [1.165, 1.54) is 0 Å². The molecule has 9 nitrogen and oxygen atoms in total. The minimum atomic E-state index is -1.19. The third-order valence-corrected chi connectivity index (χ3v) is 5.69. The second-order valence-electron chi connectivity index (χ2n) is 6.87. The molecule has 28 heavy (non-hydrogen) atoms. The molecule has 1 aromatic rings. The van der Waals surface area contributed by atoms with Gasteiger partial charge in [0.25, 0.3) is 0 Å². The zero-order chi connectivity index (χ0) is 19.8. The first kappa shape index (κ1) is 19.0. The van der Waals surface area contributed by atoms with Crippen LogP contribution in [0, 0.1) is 0 Å². The number of fused-ring (bicyclic) bond motifs is 1. The Balaban J connectivity index is 1.43. The maximum absolute atomic E-state index is 12.4. The van der Waals surface area contributed by atoms with Crippen molar-refractivity contribution in [2.75, 3.05) is 19.0 Å². The van der Waals surface area contributed by atoms with E-state index in [1.54, 1.807) is 28.8 Å². The van der Waals surface area contributed by atoms with Gasteiger partial charge in [0.2, 0.25) is 5.91 Å². The highest BCUT2D eigenvalue weighted by atomic mass is 32.2. The number of likely N-dealkylation sites (tertiary alicyclic amines) is 1. The fourth-order valence-corrected chi connectivity index (χ4v) is 4.14. The summed E-state index contributed by atoms with van der Waals surface area (Å²) in [4.78, 5) is 25.8. The van der Waals surface area contributed by atoms with Crippen LogP contribution in [0.3, 0.4) is 0 Å². The molecule has 0 spiro atoms. The van der Waals surface area contributed by atoms with Crippen molar-refractivity contribution in [1.29, 1.82) is 0 Å². The SMILES string of the molecule is NC(C(=O)N1CC(Oc2ccc3c(c2C(=O)O)OB(O)CC3)C1)C1=CSCN1. The van der Waals surface area contributed by atoms with E-state index in [1.807, 2.05) is 5.41 Å². The Labute approximate surface area is 166 Å². The molecule has 0 aromatic heterocycles. The van der Waals surface area contributed by atoms with E-state index < -0.39 is 19.1 Å². The number of benzene rings is 1. The lowest BCUT2D eigenvalue weighted by molar-refractivity contribution is -0.140. The van der Waals surface area contributed by atoms with E-state index in [0.717, 1.165) is 5.56 Å². The second kappa shape index (κ2) is 7.57. The van der Waals surface area contributed by atoms with Crippen LogP contribution < -0.4 is 20.4 Å². The van der Waals surface area contributed by atoms with Crippen molar-refractivity contribution in [2.24, 2.45) is 5.73 Å². The summed E-state index contributed by atoms with van der Waals surface area (Å²) in [5.74, 6) is -0.369. The molecule has 4 rings (SSSR count). The number of amides is 1. The predicted octanol–water partition coefficient (Wildman–Crippen LogP) is -0.148. The minimum absolute atomic E-state index is 0.102. The lowest BCUT2D eigenvalue weighted by atomic mass is 9.78. The van der Waals surface area contributed by atoms with Gasteiger partial charge in [-0.2, -0.15) is 0 Å². The summed E-state index contributed by atoms with van der Waals surface area (Å²) in [7, 11) is -1.03. The van der Waals surface area contributed by atoms with Crippen LogP contribution in [-0.2, 0) is 11.2 Å². The van der Waals surface area contributed by atoms with E-state index >= 15 is 0 Å². The number of nitrogens with two attached hydrogens (primary N) is 1. The van der Waals surface area contributed by atoms with Crippen molar-refractivity contribution in [1.82, 2.24) is 10.2 Å². The summed E-state index contributed by atoms with van der Waals surface area (Å²) in [5, 5.41) is 24.2. The number of ether oxygens (including phenoxy) is 1. The summed E-state index contributed by atoms with van der Waals surface area (Å²) in [6, 6.07) is 2.62. The van der Waals surface area contributed by atoms with Crippen molar-refractivity contribution in [2.45, 2.75) is 24.9 Å². The van der Waals surface area contributed by atoms with Crippen molar-refractivity contribution in [3.8, 4) is 11.5 Å². The molecule has 0 radical (unpaired) electrons. The Morgan fingerprint density at radius 3 is 2.89 bits per heavy atom. The van der Waals surface area contributed by atoms with Gasteiger partial charge in [-0.05, 0) is 29.8 Å². The standard InChI is InChI=1S/C17H20BN3O6S/c19-14(11-7-28-8-20-11)16(22)21-5-10(6-21)26-12-2-1-9-3-4-18(25)27-15(9)13(12)17(23)24/h1-2,7,10,14,20,25H,3-6,8,19H2,(H,23,24). The number of carboxylic acids is 1. The molecule has 3 aliphatic rings.